The van der Waals surface area contributed by atoms with Crippen LogP contribution in [0.1, 0.15) is 43.6 Å². The van der Waals surface area contributed by atoms with Gasteiger partial charge < -0.3 is 19.7 Å². The second-order valence-electron chi connectivity index (χ2n) is 7.17. The molecule has 132 valence electrons. The number of amides is 1. The first-order chi connectivity index (χ1) is 11.8. The number of aromatic amines is 1. The number of aromatic nitrogens is 1. The Labute approximate surface area is 145 Å². The van der Waals surface area contributed by atoms with Gasteiger partial charge in [-0.1, -0.05) is 13.8 Å². The highest BCUT2D eigenvalue weighted by atomic mass is 16.5. The molecule has 0 spiro atoms. The summed E-state index contributed by atoms with van der Waals surface area (Å²) in [6.45, 7) is 5.35. The Morgan fingerprint density at radius 1 is 1.40 bits per heavy atom. The second-order valence-corrected chi connectivity index (χ2v) is 7.17. The van der Waals surface area contributed by atoms with Crippen LogP contribution in [0.25, 0.3) is 5.57 Å². The summed E-state index contributed by atoms with van der Waals surface area (Å²) in [5.74, 6) is -1.35. The third kappa shape index (κ3) is 3.17. The van der Waals surface area contributed by atoms with Crippen LogP contribution >= 0.6 is 0 Å². The highest BCUT2D eigenvalue weighted by molar-refractivity contribution is 6.15. The second kappa shape index (κ2) is 6.37. The van der Waals surface area contributed by atoms with Gasteiger partial charge in [-0.3, -0.25) is 4.79 Å². The SMILES string of the molecule is CC1(C)CN(C(=O)C2CCOCC2)C=C(C(=O)O)c2[nH]c(C#N)cc21. The van der Waals surface area contributed by atoms with Crippen molar-refractivity contribution in [1.29, 1.82) is 5.26 Å². The molecule has 3 rings (SSSR count). The number of nitriles is 1. The van der Waals surface area contributed by atoms with Gasteiger partial charge in [-0.15, -0.1) is 0 Å². The van der Waals surface area contributed by atoms with E-state index in [0.29, 0.717) is 44.0 Å². The van der Waals surface area contributed by atoms with Gasteiger partial charge in [0.1, 0.15) is 11.8 Å². The Bertz CT molecular complexity index is 779. The topological polar surface area (TPSA) is 106 Å². The van der Waals surface area contributed by atoms with E-state index in [0.717, 1.165) is 5.56 Å². The summed E-state index contributed by atoms with van der Waals surface area (Å²) < 4.78 is 5.31. The standard InChI is InChI=1S/C18H21N3O4/c1-18(2)10-21(16(22)11-3-5-25-6-4-11)9-13(17(23)24)15-14(18)7-12(8-19)20-15/h7,9,11,20H,3-6,10H2,1-2H3,(H,23,24). The van der Waals surface area contributed by atoms with Crippen LogP contribution in [0.4, 0.5) is 0 Å². The molecule has 25 heavy (non-hydrogen) atoms. The minimum atomic E-state index is -1.13. The third-order valence-corrected chi connectivity index (χ3v) is 4.87. The Morgan fingerprint density at radius 2 is 2.08 bits per heavy atom. The lowest BCUT2D eigenvalue weighted by atomic mass is 9.83. The van der Waals surface area contributed by atoms with Gasteiger partial charge >= 0.3 is 5.97 Å². The molecule has 0 atom stereocenters. The summed E-state index contributed by atoms with van der Waals surface area (Å²) in [4.78, 5) is 29.1. The number of carbonyl (C=O) groups is 2. The van der Waals surface area contributed by atoms with Gasteiger partial charge in [0.15, 0.2) is 0 Å². The van der Waals surface area contributed by atoms with E-state index in [-0.39, 0.29) is 17.4 Å². The summed E-state index contributed by atoms with van der Waals surface area (Å²) in [7, 11) is 0. The lowest BCUT2D eigenvalue weighted by molar-refractivity contribution is -0.136. The molecular weight excluding hydrogens is 322 g/mol. The number of aliphatic carboxylic acids is 1. The zero-order valence-corrected chi connectivity index (χ0v) is 14.3. The minimum absolute atomic E-state index is 0.00230. The number of ether oxygens (including phenoxy) is 1. The molecule has 0 saturated carbocycles. The van der Waals surface area contributed by atoms with Crippen molar-refractivity contribution < 1.29 is 19.4 Å². The van der Waals surface area contributed by atoms with Crippen molar-refractivity contribution in [2.24, 2.45) is 5.92 Å². The van der Waals surface area contributed by atoms with E-state index in [2.05, 4.69) is 4.98 Å². The summed E-state index contributed by atoms with van der Waals surface area (Å²) in [6.07, 6.45) is 2.71. The van der Waals surface area contributed by atoms with Crippen LogP contribution < -0.4 is 0 Å². The molecule has 7 nitrogen and oxygen atoms in total. The Hall–Kier alpha value is -2.59. The number of hydrogen-bond donors (Lipinski definition) is 2. The van der Waals surface area contributed by atoms with Crippen molar-refractivity contribution in [3.05, 3.63) is 29.2 Å². The average Bonchev–Trinajstić information content (AvgIpc) is 2.99. The third-order valence-electron chi connectivity index (χ3n) is 4.87. The molecule has 0 bridgehead atoms. The molecule has 3 heterocycles. The molecule has 0 radical (unpaired) electrons. The average molecular weight is 343 g/mol. The lowest BCUT2D eigenvalue weighted by Gasteiger charge is -2.32. The Morgan fingerprint density at radius 3 is 2.68 bits per heavy atom. The number of hydrogen-bond acceptors (Lipinski definition) is 4. The van der Waals surface area contributed by atoms with Gasteiger partial charge in [-0.05, 0) is 24.5 Å². The summed E-state index contributed by atoms with van der Waals surface area (Å²) >= 11 is 0. The summed E-state index contributed by atoms with van der Waals surface area (Å²) in [5, 5.41) is 18.8. The van der Waals surface area contributed by atoms with Crippen molar-refractivity contribution in [3.63, 3.8) is 0 Å². The number of nitrogens with one attached hydrogen (secondary N) is 1. The molecule has 1 saturated heterocycles. The van der Waals surface area contributed by atoms with Gasteiger partial charge in [0, 0.05) is 37.3 Å². The Balaban J connectivity index is 2.04. The van der Waals surface area contributed by atoms with Crippen LogP contribution in [0.2, 0.25) is 0 Å². The zero-order valence-electron chi connectivity index (χ0n) is 14.3. The number of nitrogens with zero attached hydrogens (tertiary/aromatic N) is 2. The molecule has 2 aliphatic heterocycles. The van der Waals surface area contributed by atoms with Crippen LogP contribution in [0.15, 0.2) is 12.3 Å². The lowest BCUT2D eigenvalue weighted by Crippen LogP contribution is -2.41. The molecule has 1 aromatic rings. The quantitative estimate of drug-likeness (QED) is 0.852. The van der Waals surface area contributed by atoms with E-state index in [4.69, 9.17) is 10.00 Å². The number of carboxylic acid groups (broad SMARTS) is 1. The fourth-order valence-electron chi connectivity index (χ4n) is 3.52. The van der Waals surface area contributed by atoms with Gasteiger partial charge in [-0.25, -0.2) is 4.79 Å². The largest absolute Gasteiger partial charge is 0.478 e. The number of H-pyrrole nitrogens is 1. The zero-order chi connectivity index (χ0) is 18.2. The molecular formula is C18H21N3O4. The van der Waals surface area contributed by atoms with Gasteiger partial charge in [0.05, 0.1) is 11.3 Å². The number of fused-ring (bicyclic) bond motifs is 1. The smallest absolute Gasteiger partial charge is 0.339 e. The first-order valence-corrected chi connectivity index (χ1v) is 8.31. The maximum absolute atomic E-state index is 12.9. The van der Waals surface area contributed by atoms with E-state index in [9.17, 15) is 14.7 Å². The predicted octanol–water partition coefficient (Wildman–Crippen LogP) is 1.86. The van der Waals surface area contributed by atoms with Crippen molar-refractivity contribution >= 4 is 17.4 Å². The van der Waals surface area contributed by atoms with Crippen molar-refractivity contribution in [1.82, 2.24) is 9.88 Å². The van der Waals surface area contributed by atoms with Crippen LogP contribution in [0.5, 0.6) is 0 Å². The minimum Gasteiger partial charge on any atom is -0.478 e. The van der Waals surface area contributed by atoms with Crippen LogP contribution in [-0.4, -0.2) is 46.6 Å². The molecule has 0 aliphatic carbocycles. The number of rotatable bonds is 2. The molecule has 0 aromatic carbocycles. The van der Waals surface area contributed by atoms with Crippen molar-refractivity contribution in [2.45, 2.75) is 32.1 Å². The van der Waals surface area contributed by atoms with Crippen molar-refractivity contribution in [3.8, 4) is 6.07 Å². The highest BCUT2D eigenvalue weighted by Gasteiger charge is 2.37. The van der Waals surface area contributed by atoms with Gasteiger partial charge in [0.25, 0.3) is 0 Å². The molecule has 7 heteroatoms. The van der Waals surface area contributed by atoms with Crippen LogP contribution in [-0.2, 0) is 19.7 Å². The normalized spacial score (nSPS) is 20.2. The first kappa shape index (κ1) is 17.2. The maximum Gasteiger partial charge on any atom is 0.339 e. The molecule has 0 unspecified atom stereocenters. The molecule has 2 N–H and O–H groups in total. The molecule has 2 aliphatic rings. The molecule has 1 fully saturated rings. The van der Waals surface area contributed by atoms with Crippen LogP contribution in [0.3, 0.4) is 0 Å². The summed E-state index contributed by atoms with van der Waals surface area (Å²) in [6, 6.07) is 3.69. The maximum atomic E-state index is 12.9. The summed E-state index contributed by atoms with van der Waals surface area (Å²) in [5.41, 5.74) is 0.961. The van der Waals surface area contributed by atoms with Gasteiger partial charge in [-0.2, -0.15) is 5.26 Å². The fourth-order valence-corrected chi connectivity index (χ4v) is 3.52. The van der Waals surface area contributed by atoms with E-state index in [1.54, 1.807) is 6.07 Å². The monoisotopic (exact) mass is 343 g/mol. The van der Waals surface area contributed by atoms with E-state index < -0.39 is 11.4 Å². The van der Waals surface area contributed by atoms with E-state index >= 15 is 0 Å². The van der Waals surface area contributed by atoms with Crippen LogP contribution in [0, 0.1) is 17.2 Å². The fraction of sp³-hybridized carbons (Fsp3) is 0.500. The predicted molar refractivity (Wildman–Crippen MR) is 89.4 cm³/mol. The first-order valence-electron chi connectivity index (χ1n) is 8.31. The van der Waals surface area contributed by atoms with Gasteiger partial charge in [0.2, 0.25) is 5.91 Å². The molecule has 1 amide bonds. The van der Waals surface area contributed by atoms with E-state index in [1.807, 2.05) is 19.9 Å². The molecule has 1 aromatic heterocycles. The highest BCUT2D eigenvalue weighted by Crippen LogP contribution is 2.36. The van der Waals surface area contributed by atoms with E-state index in [1.165, 1.54) is 11.1 Å². The number of carboxylic acids is 1. The van der Waals surface area contributed by atoms with Crippen molar-refractivity contribution in [2.75, 3.05) is 19.8 Å². The number of carbonyl (C=O) groups excluding carboxylic acids is 1. The Kier molecular flexibility index (Phi) is 4.39.